The Kier molecular flexibility index (Phi) is 7.29. The molecule has 0 fully saturated rings. The van der Waals surface area contributed by atoms with E-state index in [9.17, 15) is 15.0 Å². The van der Waals surface area contributed by atoms with E-state index in [-0.39, 0.29) is 22.6 Å². The smallest absolute Gasteiger partial charge is 0.200 e. The Balaban J connectivity index is 2.38. The molecule has 2 aromatic carbocycles. The number of hydrogen-bond donors (Lipinski definition) is 2. The van der Waals surface area contributed by atoms with E-state index >= 15 is 0 Å². The quantitative estimate of drug-likeness (QED) is 0.471. The van der Waals surface area contributed by atoms with E-state index in [4.69, 9.17) is 9.47 Å². The van der Waals surface area contributed by atoms with Gasteiger partial charge >= 0.3 is 0 Å². The Morgan fingerprint density at radius 1 is 1.04 bits per heavy atom. The Labute approximate surface area is 159 Å². The van der Waals surface area contributed by atoms with Crippen LogP contribution in [0.2, 0.25) is 0 Å². The molecule has 5 nitrogen and oxygen atoms in total. The lowest BCUT2D eigenvalue weighted by Crippen LogP contribution is -2.06. The van der Waals surface area contributed by atoms with E-state index in [1.807, 2.05) is 13.8 Å². The van der Waals surface area contributed by atoms with Gasteiger partial charge in [0.2, 0.25) is 0 Å². The van der Waals surface area contributed by atoms with Crippen molar-refractivity contribution in [1.29, 1.82) is 0 Å². The number of aromatic hydroxyl groups is 2. The van der Waals surface area contributed by atoms with E-state index in [1.54, 1.807) is 18.2 Å². The molecular formula is C22H26O5. The van der Waals surface area contributed by atoms with Crippen molar-refractivity contribution in [3.8, 4) is 23.0 Å². The monoisotopic (exact) mass is 370 g/mol. The number of benzene rings is 2. The topological polar surface area (TPSA) is 76.0 Å². The molecule has 0 amide bonds. The van der Waals surface area contributed by atoms with E-state index in [0.29, 0.717) is 36.7 Å². The lowest BCUT2D eigenvalue weighted by Gasteiger charge is -2.15. The minimum Gasteiger partial charge on any atom is -0.507 e. The number of ketones is 1. The summed E-state index contributed by atoms with van der Waals surface area (Å²) in [6, 6.07) is 7.70. The summed E-state index contributed by atoms with van der Waals surface area (Å²) in [5.74, 6) is 0.201. The van der Waals surface area contributed by atoms with Crippen molar-refractivity contribution in [3.05, 3.63) is 59.7 Å². The van der Waals surface area contributed by atoms with Crippen molar-refractivity contribution in [1.82, 2.24) is 0 Å². The first-order chi connectivity index (χ1) is 13.0. The zero-order chi connectivity index (χ0) is 19.8. The van der Waals surface area contributed by atoms with Crippen molar-refractivity contribution in [2.45, 2.75) is 33.1 Å². The first kappa shape index (κ1) is 20.4. The summed E-state index contributed by atoms with van der Waals surface area (Å²) in [4.78, 5) is 12.9. The second-order valence-electron chi connectivity index (χ2n) is 6.14. The third-order valence-electron chi connectivity index (χ3n) is 3.98. The molecule has 2 N–H and O–H groups in total. The summed E-state index contributed by atoms with van der Waals surface area (Å²) in [5, 5.41) is 20.9. The average Bonchev–Trinajstić information content (AvgIpc) is 2.66. The summed E-state index contributed by atoms with van der Waals surface area (Å²) in [5.41, 5.74) is 0.709. The predicted octanol–water partition coefficient (Wildman–Crippen LogP) is 4.63. The summed E-state index contributed by atoms with van der Waals surface area (Å²) in [6.45, 7) is 8.70. The van der Waals surface area contributed by atoms with Gasteiger partial charge in [-0.05, 0) is 43.5 Å². The highest BCUT2D eigenvalue weighted by Crippen LogP contribution is 2.35. The summed E-state index contributed by atoms with van der Waals surface area (Å²) < 4.78 is 11.1. The second-order valence-corrected chi connectivity index (χ2v) is 6.14. The standard InChI is InChI=1S/C22H26O5/c1-4-7-17-20(27-13-6-3)11-10-18(22(17)25)21(24)16-9-8-15(14-19(16)23)26-12-5-2/h4,8-11,14,23,25H,1,5-7,12-13H2,2-3H3. The molecule has 0 atom stereocenters. The first-order valence-electron chi connectivity index (χ1n) is 9.12. The molecule has 5 heteroatoms. The van der Waals surface area contributed by atoms with Crippen LogP contribution < -0.4 is 9.47 Å². The van der Waals surface area contributed by atoms with Crippen LogP contribution in [0.25, 0.3) is 0 Å². The Hall–Kier alpha value is -2.95. The maximum absolute atomic E-state index is 12.9. The first-order valence-corrected chi connectivity index (χ1v) is 9.12. The number of carbonyl (C=O) groups is 1. The van der Waals surface area contributed by atoms with Gasteiger partial charge in [-0.25, -0.2) is 0 Å². The van der Waals surface area contributed by atoms with E-state index in [2.05, 4.69) is 6.58 Å². The SMILES string of the molecule is C=CCc1c(OCCC)ccc(C(=O)c2ccc(OCCC)cc2O)c1O. The number of hydrogen-bond acceptors (Lipinski definition) is 5. The third kappa shape index (κ3) is 4.82. The van der Waals surface area contributed by atoms with Gasteiger partial charge in [0.1, 0.15) is 23.0 Å². The molecule has 0 bridgehead atoms. The largest absolute Gasteiger partial charge is 0.507 e. The Morgan fingerprint density at radius 2 is 1.70 bits per heavy atom. The van der Waals surface area contributed by atoms with E-state index in [0.717, 1.165) is 12.8 Å². The molecule has 0 radical (unpaired) electrons. The number of allylic oxidation sites excluding steroid dienone is 1. The molecule has 144 valence electrons. The molecule has 0 saturated carbocycles. The lowest BCUT2D eigenvalue weighted by molar-refractivity contribution is 0.103. The minimum absolute atomic E-state index is 0.0981. The van der Waals surface area contributed by atoms with Crippen molar-refractivity contribution in [3.63, 3.8) is 0 Å². The van der Waals surface area contributed by atoms with Gasteiger partial charge in [0.15, 0.2) is 5.78 Å². The summed E-state index contributed by atoms with van der Waals surface area (Å²) >= 11 is 0. The molecule has 0 spiro atoms. The fourth-order valence-electron chi connectivity index (χ4n) is 2.65. The number of ether oxygens (including phenoxy) is 2. The molecule has 0 aliphatic rings. The fourth-order valence-corrected chi connectivity index (χ4v) is 2.65. The average molecular weight is 370 g/mol. The number of rotatable bonds is 10. The molecule has 0 unspecified atom stereocenters. The summed E-state index contributed by atoms with van der Waals surface area (Å²) in [6.07, 6.45) is 3.67. The van der Waals surface area contributed by atoms with Crippen LogP contribution >= 0.6 is 0 Å². The van der Waals surface area contributed by atoms with Crippen LogP contribution in [-0.2, 0) is 6.42 Å². The molecule has 2 rings (SSSR count). The van der Waals surface area contributed by atoms with Gasteiger partial charge in [-0.3, -0.25) is 4.79 Å². The summed E-state index contributed by atoms with van der Waals surface area (Å²) in [7, 11) is 0. The second kappa shape index (κ2) is 9.67. The maximum atomic E-state index is 12.9. The predicted molar refractivity (Wildman–Crippen MR) is 105 cm³/mol. The number of carbonyl (C=O) groups excluding carboxylic acids is 1. The van der Waals surface area contributed by atoms with Crippen LogP contribution in [0, 0.1) is 0 Å². The highest BCUT2D eigenvalue weighted by molar-refractivity contribution is 6.12. The van der Waals surface area contributed by atoms with Gasteiger partial charge in [-0.2, -0.15) is 0 Å². The van der Waals surface area contributed by atoms with E-state index in [1.165, 1.54) is 18.2 Å². The lowest BCUT2D eigenvalue weighted by atomic mass is 9.97. The van der Waals surface area contributed by atoms with Gasteiger partial charge in [0.25, 0.3) is 0 Å². The molecule has 2 aromatic rings. The molecule has 0 saturated heterocycles. The highest BCUT2D eigenvalue weighted by Gasteiger charge is 2.21. The fraction of sp³-hybridized carbons (Fsp3) is 0.318. The number of phenolic OH excluding ortho intramolecular Hbond substituents is 2. The van der Waals surface area contributed by atoms with Gasteiger partial charge < -0.3 is 19.7 Å². The number of phenols is 2. The van der Waals surface area contributed by atoms with Crippen LogP contribution in [0.15, 0.2) is 43.0 Å². The molecular weight excluding hydrogens is 344 g/mol. The van der Waals surface area contributed by atoms with Gasteiger partial charge in [-0.1, -0.05) is 19.9 Å². The van der Waals surface area contributed by atoms with Gasteiger partial charge in [0, 0.05) is 11.6 Å². The van der Waals surface area contributed by atoms with Crippen molar-refractivity contribution < 1.29 is 24.5 Å². The van der Waals surface area contributed by atoms with Gasteiger partial charge in [-0.15, -0.1) is 6.58 Å². The van der Waals surface area contributed by atoms with Crippen molar-refractivity contribution >= 4 is 5.78 Å². The van der Waals surface area contributed by atoms with Crippen LogP contribution in [0.5, 0.6) is 23.0 Å². The third-order valence-corrected chi connectivity index (χ3v) is 3.98. The highest BCUT2D eigenvalue weighted by atomic mass is 16.5. The van der Waals surface area contributed by atoms with Gasteiger partial charge in [0.05, 0.1) is 24.3 Å². The van der Waals surface area contributed by atoms with Crippen molar-refractivity contribution in [2.75, 3.05) is 13.2 Å². The Bertz CT molecular complexity index is 811. The van der Waals surface area contributed by atoms with Crippen LogP contribution in [-0.4, -0.2) is 29.2 Å². The van der Waals surface area contributed by atoms with Crippen LogP contribution in [0.4, 0.5) is 0 Å². The molecule has 0 heterocycles. The Morgan fingerprint density at radius 3 is 2.33 bits per heavy atom. The molecule has 0 aliphatic heterocycles. The van der Waals surface area contributed by atoms with Crippen LogP contribution in [0.1, 0.15) is 48.2 Å². The molecule has 0 aromatic heterocycles. The maximum Gasteiger partial charge on any atom is 0.200 e. The molecule has 27 heavy (non-hydrogen) atoms. The zero-order valence-electron chi connectivity index (χ0n) is 15.8. The normalized spacial score (nSPS) is 10.4. The van der Waals surface area contributed by atoms with E-state index < -0.39 is 5.78 Å². The van der Waals surface area contributed by atoms with Crippen LogP contribution in [0.3, 0.4) is 0 Å². The van der Waals surface area contributed by atoms with Crippen molar-refractivity contribution in [2.24, 2.45) is 0 Å². The minimum atomic E-state index is -0.473. The molecule has 0 aliphatic carbocycles. The zero-order valence-corrected chi connectivity index (χ0v) is 15.8.